The van der Waals surface area contributed by atoms with Crippen molar-refractivity contribution in [2.45, 2.75) is 52.8 Å². The summed E-state index contributed by atoms with van der Waals surface area (Å²) in [6, 6.07) is 22.1. The van der Waals surface area contributed by atoms with Gasteiger partial charge in [-0.2, -0.15) is 0 Å². The number of rotatable bonds is 12. The first-order valence-corrected chi connectivity index (χ1v) is 16.6. The quantitative estimate of drug-likeness (QED) is 0.204. The van der Waals surface area contributed by atoms with E-state index in [1.54, 1.807) is 29.2 Å². The minimum Gasteiger partial charge on any atom is -0.493 e. The highest BCUT2D eigenvalue weighted by Crippen LogP contribution is 2.46. The number of anilines is 1. The van der Waals surface area contributed by atoms with Crippen LogP contribution in [0.4, 0.5) is 5.69 Å². The molecule has 1 aliphatic rings. The number of benzene rings is 4. The molecule has 44 heavy (non-hydrogen) atoms. The largest absolute Gasteiger partial charge is 0.493 e. The Bertz CT molecular complexity index is 1780. The van der Waals surface area contributed by atoms with E-state index in [1.165, 1.54) is 5.56 Å². The normalized spacial score (nSPS) is 12.9. The molecular weight excluding hydrogens is 576 g/mol. The minimum atomic E-state index is -3.92. The number of ether oxygens (including phenoxy) is 2. The van der Waals surface area contributed by atoms with Crippen LogP contribution in [-0.4, -0.2) is 33.4 Å². The number of amides is 2. The number of nitrogens with zero attached hydrogens (tertiary/aromatic N) is 1. The Morgan fingerprint density at radius 3 is 2.02 bits per heavy atom. The van der Waals surface area contributed by atoms with Gasteiger partial charge in [-0.1, -0.05) is 74.5 Å². The van der Waals surface area contributed by atoms with E-state index in [2.05, 4.69) is 18.6 Å². The van der Waals surface area contributed by atoms with Crippen molar-refractivity contribution in [2.75, 3.05) is 18.1 Å². The third-order valence-corrected chi connectivity index (χ3v) is 8.73. The zero-order chi connectivity index (χ0) is 31.4. The maximum absolute atomic E-state index is 13.8. The van der Waals surface area contributed by atoms with Crippen LogP contribution < -0.4 is 19.1 Å². The molecule has 0 aliphatic carbocycles. The Hall–Kier alpha value is -4.37. The van der Waals surface area contributed by atoms with Gasteiger partial charge in [0.05, 0.1) is 37.5 Å². The maximum Gasteiger partial charge on any atom is 0.262 e. The summed E-state index contributed by atoms with van der Waals surface area (Å²) in [7, 11) is -3.92. The molecule has 0 unspecified atom stereocenters. The van der Waals surface area contributed by atoms with Crippen molar-refractivity contribution in [3.8, 4) is 11.5 Å². The number of nitrogens with one attached hydrogen (secondary N) is 1. The van der Waals surface area contributed by atoms with Crippen LogP contribution in [0.15, 0.2) is 72.8 Å². The van der Waals surface area contributed by atoms with Gasteiger partial charge in [-0.25, -0.2) is 8.42 Å². The molecule has 9 heteroatoms. The predicted molar refractivity (Wildman–Crippen MR) is 173 cm³/mol. The molecule has 2 amide bonds. The summed E-state index contributed by atoms with van der Waals surface area (Å²) in [5.74, 6) is 0.578. The van der Waals surface area contributed by atoms with E-state index in [9.17, 15) is 18.0 Å². The Morgan fingerprint density at radius 1 is 0.841 bits per heavy atom. The monoisotopic (exact) mass is 614 g/mol. The predicted octanol–water partition coefficient (Wildman–Crippen LogP) is 6.18. The van der Waals surface area contributed by atoms with Crippen molar-refractivity contribution >= 4 is 38.3 Å². The number of carbonyl (C=O) groups excluding carboxylic acids is 2. The second-order valence-corrected chi connectivity index (χ2v) is 13.1. The van der Waals surface area contributed by atoms with Gasteiger partial charge in [0.1, 0.15) is 11.5 Å². The van der Waals surface area contributed by atoms with Crippen LogP contribution in [0.3, 0.4) is 0 Å². The fourth-order valence-electron chi connectivity index (χ4n) is 5.67. The van der Waals surface area contributed by atoms with Crippen molar-refractivity contribution < 1.29 is 27.5 Å². The first-order chi connectivity index (χ1) is 21.1. The van der Waals surface area contributed by atoms with Gasteiger partial charge in [-0.15, -0.1) is 0 Å². The first-order valence-electron chi connectivity index (χ1n) is 14.9. The highest BCUT2D eigenvalue weighted by atomic mass is 32.2. The van der Waals surface area contributed by atoms with Crippen LogP contribution in [-0.2, 0) is 40.0 Å². The minimum absolute atomic E-state index is 0.0275. The molecule has 0 saturated carbocycles. The Kier molecular flexibility index (Phi) is 9.25. The third kappa shape index (κ3) is 6.73. The number of sulfonamides is 1. The second-order valence-electron chi connectivity index (χ2n) is 11.4. The third-order valence-electron chi connectivity index (χ3n) is 7.48. The number of fused-ring (bicyclic) bond motifs is 2. The van der Waals surface area contributed by atoms with Crippen molar-refractivity contribution in [1.82, 2.24) is 4.72 Å². The molecular formula is C35H38N2O6S. The van der Waals surface area contributed by atoms with Gasteiger partial charge in [0.25, 0.3) is 5.91 Å². The highest BCUT2D eigenvalue weighted by Gasteiger charge is 2.36. The highest BCUT2D eigenvalue weighted by molar-refractivity contribution is 7.89. The van der Waals surface area contributed by atoms with Gasteiger partial charge < -0.3 is 14.4 Å². The number of carbonyl (C=O) groups is 2. The fourth-order valence-corrected chi connectivity index (χ4v) is 6.79. The number of hydrogen-bond donors (Lipinski definition) is 1. The first kappa shape index (κ1) is 31.1. The summed E-state index contributed by atoms with van der Waals surface area (Å²) in [5.41, 5.74) is 4.29. The van der Waals surface area contributed by atoms with Crippen molar-refractivity contribution in [1.29, 1.82) is 0 Å². The van der Waals surface area contributed by atoms with Gasteiger partial charge in [0, 0.05) is 22.0 Å². The van der Waals surface area contributed by atoms with Gasteiger partial charge in [0.15, 0.2) is 0 Å². The lowest BCUT2D eigenvalue weighted by Gasteiger charge is -2.16. The van der Waals surface area contributed by atoms with Gasteiger partial charge in [-0.3, -0.25) is 14.3 Å². The Balaban J connectivity index is 1.30. The number of hydrogen-bond acceptors (Lipinski definition) is 6. The van der Waals surface area contributed by atoms with Crippen LogP contribution in [0.5, 0.6) is 11.5 Å². The van der Waals surface area contributed by atoms with Gasteiger partial charge in [-0.05, 0) is 55.0 Å². The SMILES string of the molecule is CCOc1c2c(c(OCC)c3ccccc13)C(=O)N(c1ccc(CS(=O)(=O)NC(=O)Cc3ccc(CC(C)C)cc3)cc1)C2. The Labute approximate surface area is 259 Å². The average molecular weight is 615 g/mol. The van der Waals surface area contributed by atoms with E-state index < -0.39 is 15.9 Å². The molecule has 4 aromatic carbocycles. The van der Waals surface area contributed by atoms with E-state index in [0.29, 0.717) is 54.0 Å². The summed E-state index contributed by atoms with van der Waals surface area (Å²) in [5, 5.41) is 1.70. The van der Waals surface area contributed by atoms with Crippen LogP contribution in [0.2, 0.25) is 0 Å². The molecule has 0 atom stereocenters. The summed E-state index contributed by atoms with van der Waals surface area (Å²) >= 11 is 0. The average Bonchev–Trinajstić information content (AvgIpc) is 3.32. The molecule has 0 radical (unpaired) electrons. The molecule has 1 heterocycles. The van der Waals surface area contributed by atoms with E-state index >= 15 is 0 Å². The molecule has 0 saturated heterocycles. The molecule has 0 spiro atoms. The van der Waals surface area contributed by atoms with E-state index in [1.807, 2.05) is 62.4 Å². The van der Waals surface area contributed by atoms with Crippen LogP contribution in [0, 0.1) is 5.92 Å². The second kappa shape index (κ2) is 13.1. The van der Waals surface area contributed by atoms with E-state index in [-0.39, 0.29) is 18.1 Å². The summed E-state index contributed by atoms with van der Waals surface area (Å²) < 4.78 is 39.9. The van der Waals surface area contributed by atoms with Gasteiger partial charge >= 0.3 is 0 Å². The van der Waals surface area contributed by atoms with Crippen molar-refractivity contribution in [3.05, 3.63) is 101 Å². The lowest BCUT2D eigenvalue weighted by atomic mass is 9.99. The fraction of sp³-hybridized carbons (Fsp3) is 0.314. The van der Waals surface area contributed by atoms with Crippen LogP contribution >= 0.6 is 0 Å². The summed E-state index contributed by atoms with van der Waals surface area (Å²) in [6.45, 7) is 9.22. The maximum atomic E-state index is 13.8. The molecule has 5 rings (SSSR count). The molecule has 0 fully saturated rings. The molecule has 4 aromatic rings. The summed E-state index contributed by atoms with van der Waals surface area (Å²) in [4.78, 5) is 28.0. The molecule has 8 nitrogen and oxygen atoms in total. The lowest BCUT2D eigenvalue weighted by molar-refractivity contribution is -0.118. The topological polar surface area (TPSA) is 102 Å². The zero-order valence-electron chi connectivity index (χ0n) is 25.6. The molecule has 0 aromatic heterocycles. The van der Waals surface area contributed by atoms with Crippen molar-refractivity contribution in [3.63, 3.8) is 0 Å². The Morgan fingerprint density at radius 2 is 1.41 bits per heavy atom. The molecule has 0 bridgehead atoms. The zero-order valence-corrected chi connectivity index (χ0v) is 26.4. The lowest BCUT2D eigenvalue weighted by Crippen LogP contribution is -2.32. The molecule has 1 aliphatic heterocycles. The standard InChI is InChI=1S/C35H38N2O6S/c1-5-42-33-28-9-7-8-10-29(28)34(43-6-2)32-30(33)21-37(35(32)39)27-17-15-26(16-18-27)22-44(40,41)36-31(38)20-25-13-11-24(12-14-25)19-23(3)4/h7-18,23H,5-6,19-22H2,1-4H3,(H,36,38). The molecule has 230 valence electrons. The van der Waals surface area contributed by atoms with Crippen LogP contribution in [0.25, 0.3) is 10.8 Å². The van der Waals surface area contributed by atoms with E-state index in [4.69, 9.17) is 9.47 Å². The summed E-state index contributed by atoms with van der Waals surface area (Å²) in [6.07, 6.45) is 0.915. The smallest absolute Gasteiger partial charge is 0.262 e. The molecule has 1 N–H and O–H groups in total. The van der Waals surface area contributed by atoms with Crippen molar-refractivity contribution in [2.24, 2.45) is 5.92 Å². The van der Waals surface area contributed by atoms with Crippen LogP contribution in [0.1, 0.15) is 60.3 Å². The van der Waals surface area contributed by atoms with E-state index in [0.717, 1.165) is 28.3 Å². The van der Waals surface area contributed by atoms with Gasteiger partial charge in [0.2, 0.25) is 15.9 Å².